The molecule has 0 bridgehead atoms. The maximum atomic E-state index is 13.7. The first kappa shape index (κ1) is 24.8. The second kappa shape index (κ2) is 10.8. The Kier molecular flexibility index (Phi) is 7.89. The van der Waals surface area contributed by atoms with E-state index in [4.69, 9.17) is 0 Å². The van der Waals surface area contributed by atoms with Crippen LogP contribution in [0.5, 0.6) is 0 Å². The molecule has 34 heavy (non-hydrogen) atoms. The number of likely N-dealkylation sites (N-methyl/N-ethyl adjacent to an activating group) is 3. The summed E-state index contributed by atoms with van der Waals surface area (Å²) in [5.74, 6) is -0.642. The van der Waals surface area contributed by atoms with Gasteiger partial charge in [-0.1, -0.05) is 72.8 Å². The largest absolute Gasteiger partial charge is 0.465 e. The molecule has 7 heteroatoms. The van der Waals surface area contributed by atoms with Gasteiger partial charge in [-0.25, -0.2) is 4.79 Å². The summed E-state index contributed by atoms with van der Waals surface area (Å²) in [6, 6.07) is 21.5. The lowest BCUT2D eigenvalue weighted by atomic mass is 9.98. The van der Waals surface area contributed by atoms with E-state index in [-0.39, 0.29) is 12.3 Å². The molecular weight excluding hydrogens is 430 g/mol. The highest BCUT2D eigenvalue weighted by Gasteiger charge is 2.35. The van der Waals surface area contributed by atoms with Crippen LogP contribution >= 0.6 is 0 Å². The average molecular weight is 462 g/mol. The molecule has 2 atom stereocenters. The number of amides is 3. The molecule has 3 aromatic rings. The molecule has 0 spiro atoms. The first-order chi connectivity index (χ1) is 16.2. The Morgan fingerprint density at radius 1 is 0.676 bits per heavy atom. The molecule has 0 heterocycles. The van der Waals surface area contributed by atoms with Crippen LogP contribution in [0.15, 0.2) is 72.8 Å². The fourth-order valence-corrected chi connectivity index (χ4v) is 4.03. The van der Waals surface area contributed by atoms with Crippen LogP contribution < -0.4 is 0 Å². The van der Waals surface area contributed by atoms with Crippen LogP contribution in [0.4, 0.5) is 4.79 Å². The Morgan fingerprint density at radius 2 is 1.24 bits per heavy atom. The van der Waals surface area contributed by atoms with Gasteiger partial charge in [0.05, 0.1) is 0 Å². The van der Waals surface area contributed by atoms with Crippen molar-refractivity contribution in [1.29, 1.82) is 0 Å². The summed E-state index contributed by atoms with van der Waals surface area (Å²) in [5.41, 5.74) is 1.76. The molecule has 0 fully saturated rings. The van der Waals surface area contributed by atoms with Gasteiger partial charge < -0.3 is 14.9 Å². The standard InChI is InChI=1S/C27H31N3O4/c1-28(2)25(31)23(17-19-10-6-5-7-11-19)29(3)26(32)24(30(4)27(33)34)18-20-14-15-21-12-8-9-13-22(21)16-20/h5-16,23-24H,17-18H2,1-4H3,(H,33,34)/t23-,24-/m1/s1. The highest BCUT2D eigenvalue weighted by molar-refractivity contribution is 5.91. The summed E-state index contributed by atoms with van der Waals surface area (Å²) in [4.78, 5) is 42.4. The van der Waals surface area contributed by atoms with Gasteiger partial charge >= 0.3 is 6.09 Å². The molecule has 0 aliphatic carbocycles. The number of nitrogens with zero attached hydrogens (tertiary/aromatic N) is 3. The maximum Gasteiger partial charge on any atom is 0.407 e. The number of carboxylic acid groups (broad SMARTS) is 1. The number of benzene rings is 3. The maximum absolute atomic E-state index is 13.7. The molecule has 0 radical (unpaired) electrons. The van der Waals surface area contributed by atoms with E-state index < -0.39 is 24.1 Å². The van der Waals surface area contributed by atoms with Gasteiger partial charge in [0.25, 0.3) is 0 Å². The van der Waals surface area contributed by atoms with E-state index in [1.165, 1.54) is 16.8 Å². The molecule has 3 rings (SSSR count). The van der Waals surface area contributed by atoms with E-state index in [0.29, 0.717) is 6.42 Å². The number of carbonyl (C=O) groups excluding carboxylic acids is 2. The van der Waals surface area contributed by atoms with Gasteiger partial charge in [0.1, 0.15) is 12.1 Å². The van der Waals surface area contributed by atoms with Crippen LogP contribution in [0, 0.1) is 0 Å². The second-order valence-electron chi connectivity index (χ2n) is 8.68. The summed E-state index contributed by atoms with van der Waals surface area (Å²) in [6.45, 7) is 0. The zero-order valence-corrected chi connectivity index (χ0v) is 20.0. The minimum atomic E-state index is -1.20. The number of hydrogen-bond acceptors (Lipinski definition) is 3. The Hall–Kier alpha value is -3.87. The van der Waals surface area contributed by atoms with Crippen LogP contribution in [-0.4, -0.2) is 78.0 Å². The van der Waals surface area contributed by atoms with Gasteiger partial charge in [0.15, 0.2) is 0 Å². The Morgan fingerprint density at radius 3 is 1.85 bits per heavy atom. The van der Waals surface area contributed by atoms with Gasteiger partial charge in [-0.2, -0.15) is 0 Å². The Balaban J connectivity index is 1.92. The molecule has 178 valence electrons. The van der Waals surface area contributed by atoms with Crippen LogP contribution in [0.3, 0.4) is 0 Å². The number of carbonyl (C=O) groups is 3. The Bertz CT molecular complexity index is 1160. The lowest BCUT2D eigenvalue weighted by Crippen LogP contribution is -2.55. The minimum Gasteiger partial charge on any atom is -0.465 e. The highest BCUT2D eigenvalue weighted by atomic mass is 16.4. The van der Waals surface area contributed by atoms with Crippen molar-refractivity contribution in [1.82, 2.24) is 14.7 Å². The third kappa shape index (κ3) is 5.73. The van der Waals surface area contributed by atoms with Crippen LogP contribution in [0.2, 0.25) is 0 Å². The highest BCUT2D eigenvalue weighted by Crippen LogP contribution is 2.20. The summed E-state index contributed by atoms with van der Waals surface area (Å²) >= 11 is 0. The van der Waals surface area contributed by atoms with E-state index in [9.17, 15) is 19.5 Å². The van der Waals surface area contributed by atoms with Gasteiger partial charge in [-0.3, -0.25) is 14.5 Å². The average Bonchev–Trinajstić information content (AvgIpc) is 2.84. The van der Waals surface area contributed by atoms with Crippen molar-refractivity contribution in [3.8, 4) is 0 Å². The second-order valence-corrected chi connectivity index (χ2v) is 8.68. The smallest absolute Gasteiger partial charge is 0.407 e. The van der Waals surface area contributed by atoms with Crippen LogP contribution in [0.1, 0.15) is 11.1 Å². The van der Waals surface area contributed by atoms with Crippen molar-refractivity contribution < 1.29 is 19.5 Å². The molecule has 0 aliphatic rings. The van der Waals surface area contributed by atoms with Crippen molar-refractivity contribution in [2.75, 3.05) is 28.2 Å². The third-order valence-corrected chi connectivity index (χ3v) is 6.11. The van der Waals surface area contributed by atoms with Crippen molar-refractivity contribution in [2.24, 2.45) is 0 Å². The van der Waals surface area contributed by atoms with Gasteiger partial charge in [0, 0.05) is 41.0 Å². The zero-order chi connectivity index (χ0) is 24.8. The lowest BCUT2D eigenvalue weighted by Gasteiger charge is -2.34. The number of rotatable bonds is 8. The first-order valence-corrected chi connectivity index (χ1v) is 11.1. The molecule has 0 aliphatic heterocycles. The molecule has 7 nitrogen and oxygen atoms in total. The van der Waals surface area contributed by atoms with Crippen molar-refractivity contribution in [3.05, 3.63) is 83.9 Å². The topological polar surface area (TPSA) is 81.2 Å². The Labute approximate surface area is 200 Å². The molecule has 3 aromatic carbocycles. The van der Waals surface area contributed by atoms with E-state index >= 15 is 0 Å². The van der Waals surface area contributed by atoms with Gasteiger partial charge in [-0.05, 0) is 21.9 Å². The predicted octanol–water partition coefficient (Wildman–Crippen LogP) is 3.52. The van der Waals surface area contributed by atoms with Crippen molar-refractivity contribution in [2.45, 2.75) is 24.9 Å². The van der Waals surface area contributed by atoms with E-state index in [0.717, 1.165) is 26.8 Å². The van der Waals surface area contributed by atoms with E-state index in [1.807, 2.05) is 72.8 Å². The van der Waals surface area contributed by atoms with Crippen LogP contribution in [0.25, 0.3) is 10.8 Å². The molecule has 3 amide bonds. The SMILES string of the molecule is CN(C)C(=O)[C@@H](Cc1ccccc1)N(C)C(=O)[C@@H](Cc1ccc2ccccc2c1)N(C)C(=O)O. The third-order valence-electron chi connectivity index (χ3n) is 6.11. The van der Waals surface area contributed by atoms with Crippen LogP contribution in [-0.2, 0) is 22.4 Å². The molecule has 0 aromatic heterocycles. The van der Waals surface area contributed by atoms with E-state index in [2.05, 4.69) is 0 Å². The quantitative estimate of drug-likeness (QED) is 0.557. The molecule has 0 saturated carbocycles. The lowest BCUT2D eigenvalue weighted by molar-refractivity contribution is -0.145. The molecule has 1 N–H and O–H groups in total. The normalized spacial score (nSPS) is 12.6. The fourth-order valence-electron chi connectivity index (χ4n) is 4.03. The van der Waals surface area contributed by atoms with Gasteiger partial charge in [-0.15, -0.1) is 0 Å². The molecule has 0 unspecified atom stereocenters. The van der Waals surface area contributed by atoms with Gasteiger partial charge in [0.2, 0.25) is 11.8 Å². The monoisotopic (exact) mass is 461 g/mol. The predicted molar refractivity (Wildman–Crippen MR) is 133 cm³/mol. The summed E-state index contributed by atoms with van der Waals surface area (Å²) < 4.78 is 0. The van der Waals surface area contributed by atoms with E-state index in [1.54, 1.807) is 21.1 Å². The number of hydrogen-bond donors (Lipinski definition) is 1. The summed E-state index contributed by atoms with van der Waals surface area (Å²) in [5, 5.41) is 11.8. The van der Waals surface area contributed by atoms with Crippen molar-refractivity contribution in [3.63, 3.8) is 0 Å². The van der Waals surface area contributed by atoms with Crippen molar-refractivity contribution >= 4 is 28.7 Å². The first-order valence-electron chi connectivity index (χ1n) is 11.1. The molecular formula is C27H31N3O4. The summed E-state index contributed by atoms with van der Waals surface area (Å²) in [7, 11) is 6.25. The minimum absolute atomic E-state index is 0.199. The zero-order valence-electron chi connectivity index (χ0n) is 20.0. The summed E-state index contributed by atoms with van der Waals surface area (Å²) in [6.07, 6.45) is -0.670. The fraction of sp³-hybridized carbons (Fsp3) is 0.296. The molecule has 0 saturated heterocycles. The number of fused-ring (bicyclic) bond motifs is 1.